The first kappa shape index (κ1) is 26.2. The summed E-state index contributed by atoms with van der Waals surface area (Å²) in [5.41, 5.74) is 7.66. The number of nitrogens with zero attached hydrogens (tertiary/aromatic N) is 6. The Kier molecular flexibility index (Phi) is 6.33. The highest BCUT2D eigenvalue weighted by Gasteiger charge is 2.34. The third kappa shape index (κ3) is 4.92. The number of nitrogens with two attached hydrogens (primary N) is 1. The van der Waals surface area contributed by atoms with Gasteiger partial charge in [-0.1, -0.05) is 0 Å². The van der Waals surface area contributed by atoms with E-state index in [1.807, 2.05) is 6.92 Å². The highest BCUT2D eigenvalue weighted by atomic mass is 32.2. The Morgan fingerprint density at radius 1 is 1.21 bits per heavy atom. The van der Waals surface area contributed by atoms with Crippen LogP contribution in [0.4, 0.5) is 32.1 Å². The van der Waals surface area contributed by atoms with Crippen LogP contribution >= 0.6 is 0 Å². The van der Waals surface area contributed by atoms with Crippen molar-refractivity contribution in [2.75, 3.05) is 23.5 Å². The van der Waals surface area contributed by atoms with Crippen molar-refractivity contribution in [2.45, 2.75) is 30.6 Å². The summed E-state index contributed by atoms with van der Waals surface area (Å²) in [6.45, 7) is 1.83. The normalized spacial score (nSPS) is 13.5. The molecule has 1 aliphatic carbocycles. The standard InChI is InChI=1S/C24H25F2N9O3S/c1-11-7-18(33-32-11)29-23-19(12-5-6-12)20(13-10-28-35(3)21(13)22(27)36)30-24(31-23)34(2)16-8-15(26)17(9-14(16)25)39(4,37)38/h7-10,12H,5-6H2,1-4H3,(H2,27,36)(H2,29,30,31,32,33). The zero-order valence-electron chi connectivity index (χ0n) is 21.5. The van der Waals surface area contributed by atoms with Gasteiger partial charge in [0.1, 0.15) is 28.0 Å². The number of carbonyl (C=O) groups excluding carboxylic acids is 1. The van der Waals surface area contributed by atoms with Crippen LogP contribution in [0.25, 0.3) is 11.3 Å². The number of sulfone groups is 1. The van der Waals surface area contributed by atoms with Crippen LogP contribution in [0.3, 0.4) is 0 Å². The molecule has 0 unspecified atom stereocenters. The van der Waals surface area contributed by atoms with Crippen molar-refractivity contribution in [3.05, 3.63) is 53.0 Å². The lowest BCUT2D eigenvalue weighted by Gasteiger charge is -2.22. The molecule has 0 spiro atoms. The summed E-state index contributed by atoms with van der Waals surface area (Å²) in [6.07, 6.45) is 3.94. The predicted octanol–water partition coefficient (Wildman–Crippen LogP) is 3.08. The van der Waals surface area contributed by atoms with Crippen LogP contribution in [0, 0.1) is 18.6 Å². The molecule has 12 nitrogen and oxygen atoms in total. The van der Waals surface area contributed by atoms with E-state index < -0.39 is 32.3 Å². The summed E-state index contributed by atoms with van der Waals surface area (Å²) in [5.74, 6) is -2.02. The van der Waals surface area contributed by atoms with Gasteiger partial charge in [-0.05, 0) is 31.7 Å². The summed E-state index contributed by atoms with van der Waals surface area (Å²) in [6, 6.07) is 3.15. The maximum absolute atomic E-state index is 15.1. The minimum atomic E-state index is -4.00. The van der Waals surface area contributed by atoms with Gasteiger partial charge in [0.25, 0.3) is 5.91 Å². The number of aromatic amines is 1. The molecule has 1 amide bonds. The number of carbonyl (C=O) groups is 1. The van der Waals surface area contributed by atoms with E-state index in [0.717, 1.165) is 30.9 Å². The van der Waals surface area contributed by atoms with Crippen LogP contribution < -0.4 is 16.0 Å². The van der Waals surface area contributed by atoms with E-state index in [9.17, 15) is 17.6 Å². The topological polar surface area (TPSA) is 165 Å². The van der Waals surface area contributed by atoms with E-state index >= 15 is 4.39 Å². The van der Waals surface area contributed by atoms with Crippen molar-refractivity contribution >= 4 is 39.0 Å². The van der Waals surface area contributed by atoms with E-state index in [4.69, 9.17) is 5.73 Å². The van der Waals surface area contributed by atoms with Gasteiger partial charge < -0.3 is 16.0 Å². The molecular weight excluding hydrogens is 532 g/mol. The number of amides is 1. The monoisotopic (exact) mass is 557 g/mol. The Bertz CT molecular complexity index is 1730. The molecule has 1 aliphatic rings. The molecule has 15 heteroatoms. The minimum Gasteiger partial charge on any atom is -0.364 e. The molecule has 5 rings (SSSR count). The first-order valence-electron chi connectivity index (χ1n) is 11.8. The fraction of sp³-hybridized carbons (Fsp3) is 0.292. The molecule has 0 saturated heterocycles. The van der Waals surface area contributed by atoms with Gasteiger partial charge in [0.15, 0.2) is 15.7 Å². The zero-order valence-corrected chi connectivity index (χ0v) is 22.3. The number of nitrogens with one attached hydrogen (secondary N) is 2. The minimum absolute atomic E-state index is 0.0612. The van der Waals surface area contributed by atoms with Crippen LogP contribution in [0.1, 0.15) is 40.5 Å². The second-order valence-electron chi connectivity index (χ2n) is 9.43. The van der Waals surface area contributed by atoms with Crippen molar-refractivity contribution in [1.29, 1.82) is 0 Å². The van der Waals surface area contributed by atoms with Crippen LogP contribution in [-0.4, -0.2) is 57.6 Å². The molecule has 4 N–H and O–H groups in total. The number of H-pyrrole nitrogens is 1. The highest BCUT2D eigenvalue weighted by Crippen LogP contribution is 2.48. The maximum atomic E-state index is 15.1. The van der Waals surface area contributed by atoms with Gasteiger partial charge in [-0.25, -0.2) is 22.2 Å². The Morgan fingerprint density at radius 3 is 2.51 bits per heavy atom. The van der Waals surface area contributed by atoms with Crippen molar-refractivity contribution < 1.29 is 22.0 Å². The second-order valence-corrected chi connectivity index (χ2v) is 11.4. The number of aryl methyl sites for hydroxylation is 2. The van der Waals surface area contributed by atoms with Gasteiger partial charge in [-0.2, -0.15) is 15.2 Å². The molecule has 3 aromatic heterocycles. The smallest absolute Gasteiger partial charge is 0.267 e. The van der Waals surface area contributed by atoms with Gasteiger partial charge in [-0.15, -0.1) is 0 Å². The van der Waals surface area contributed by atoms with E-state index in [2.05, 4.69) is 30.6 Å². The number of primary amides is 1. The fourth-order valence-corrected chi connectivity index (χ4v) is 5.07. The second kappa shape index (κ2) is 9.41. The van der Waals surface area contributed by atoms with E-state index in [1.165, 1.54) is 22.8 Å². The zero-order chi connectivity index (χ0) is 28.2. The Labute approximate surface area is 222 Å². The van der Waals surface area contributed by atoms with Crippen LogP contribution in [-0.2, 0) is 16.9 Å². The summed E-state index contributed by atoms with van der Waals surface area (Å²) in [4.78, 5) is 22.0. The summed E-state index contributed by atoms with van der Waals surface area (Å²) < 4.78 is 54.9. The van der Waals surface area contributed by atoms with Gasteiger partial charge in [0.2, 0.25) is 5.95 Å². The van der Waals surface area contributed by atoms with Crippen LogP contribution in [0.2, 0.25) is 0 Å². The lowest BCUT2D eigenvalue weighted by Crippen LogP contribution is -2.19. The summed E-state index contributed by atoms with van der Waals surface area (Å²) in [5, 5.41) is 14.4. The molecule has 3 heterocycles. The van der Waals surface area contributed by atoms with Gasteiger partial charge in [0.05, 0.1) is 23.1 Å². The van der Waals surface area contributed by atoms with Crippen molar-refractivity contribution in [1.82, 2.24) is 29.9 Å². The van der Waals surface area contributed by atoms with E-state index in [-0.39, 0.29) is 23.2 Å². The fourth-order valence-electron chi connectivity index (χ4n) is 4.34. The largest absolute Gasteiger partial charge is 0.364 e. The molecule has 0 bridgehead atoms. The highest BCUT2D eigenvalue weighted by molar-refractivity contribution is 7.90. The van der Waals surface area contributed by atoms with Gasteiger partial charge in [-0.3, -0.25) is 14.6 Å². The first-order chi connectivity index (χ1) is 18.3. The molecule has 0 radical (unpaired) electrons. The van der Waals surface area contributed by atoms with Crippen molar-refractivity contribution in [3.8, 4) is 11.3 Å². The average Bonchev–Trinajstić information content (AvgIpc) is 3.49. The number of halogens is 2. The Balaban J connectivity index is 1.73. The number of hydrogen-bond acceptors (Lipinski definition) is 9. The molecule has 4 aromatic rings. The molecule has 0 aliphatic heterocycles. The SMILES string of the molecule is Cc1cc(Nc2nc(N(C)c3cc(F)c(S(C)(=O)=O)cc3F)nc(-c3cnn(C)c3C(N)=O)c2C2CC2)n[nH]1. The molecule has 0 atom stereocenters. The quantitative estimate of drug-likeness (QED) is 0.295. The summed E-state index contributed by atoms with van der Waals surface area (Å²) in [7, 11) is -1.02. The van der Waals surface area contributed by atoms with Crippen molar-refractivity contribution in [3.63, 3.8) is 0 Å². The molecule has 39 heavy (non-hydrogen) atoms. The molecule has 1 fully saturated rings. The number of aromatic nitrogens is 6. The average molecular weight is 558 g/mol. The molecule has 1 aromatic carbocycles. The Morgan fingerprint density at radius 2 is 1.92 bits per heavy atom. The van der Waals surface area contributed by atoms with Gasteiger partial charge >= 0.3 is 0 Å². The Hall–Kier alpha value is -4.40. The maximum Gasteiger partial charge on any atom is 0.267 e. The van der Waals surface area contributed by atoms with E-state index in [1.54, 1.807) is 13.1 Å². The number of hydrogen-bond donors (Lipinski definition) is 3. The third-order valence-electron chi connectivity index (χ3n) is 6.36. The first-order valence-corrected chi connectivity index (χ1v) is 13.7. The van der Waals surface area contributed by atoms with Crippen molar-refractivity contribution in [2.24, 2.45) is 12.8 Å². The van der Waals surface area contributed by atoms with Crippen LogP contribution in [0.5, 0.6) is 0 Å². The number of rotatable bonds is 8. The third-order valence-corrected chi connectivity index (χ3v) is 7.47. The molecular formula is C24H25F2N9O3S. The van der Waals surface area contributed by atoms with E-state index in [0.29, 0.717) is 34.5 Å². The number of benzene rings is 1. The lowest BCUT2D eigenvalue weighted by molar-refractivity contribution is 0.0992. The predicted molar refractivity (Wildman–Crippen MR) is 139 cm³/mol. The number of anilines is 4. The summed E-state index contributed by atoms with van der Waals surface area (Å²) >= 11 is 0. The van der Waals surface area contributed by atoms with Crippen LogP contribution in [0.15, 0.2) is 29.3 Å². The van der Waals surface area contributed by atoms with Gasteiger partial charge in [0, 0.05) is 43.7 Å². The lowest BCUT2D eigenvalue weighted by atomic mass is 10.0. The molecule has 1 saturated carbocycles. The molecule has 204 valence electrons.